The normalized spacial score (nSPS) is 14.6. The smallest absolute Gasteiger partial charge is 0.251 e. The number of benzene rings is 1. The quantitative estimate of drug-likeness (QED) is 0.826. The van der Waals surface area contributed by atoms with Gasteiger partial charge in [-0.15, -0.1) is 0 Å². The zero-order chi connectivity index (χ0) is 19.9. The van der Waals surface area contributed by atoms with Crippen molar-refractivity contribution < 1.29 is 13.2 Å². The molecule has 0 radical (unpaired) electrons. The third-order valence-electron chi connectivity index (χ3n) is 5.15. The Balaban J connectivity index is 1.78. The van der Waals surface area contributed by atoms with Crippen molar-refractivity contribution in [3.63, 3.8) is 0 Å². The van der Waals surface area contributed by atoms with Crippen LogP contribution in [0.25, 0.3) is 0 Å². The second-order valence-corrected chi connectivity index (χ2v) is 9.57. The van der Waals surface area contributed by atoms with E-state index < -0.39 is 10.0 Å². The molecule has 3 rings (SSSR count). The molecule has 0 bridgehead atoms. The number of aryl methyl sites for hydroxylation is 2. The number of hydrogen-bond donors (Lipinski definition) is 1. The van der Waals surface area contributed by atoms with Gasteiger partial charge in [0.25, 0.3) is 5.91 Å². The summed E-state index contributed by atoms with van der Waals surface area (Å²) in [6.45, 7) is 6.33. The van der Waals surface area contributed by atoms with Gasteiger partial charge in [-0.25, -0.2) is 12.7 Å². The summed E-state index contributed by atoms with van der Waals surface area (Å²) in [4.78, 5) is 12.8. The van der Waals surface area contributed by atoms with Gasteiger partial charge >= 0.3 is 0 Å². The van der Waals surface area contributed by atoms with E-state index >= 15 is 0 Å². The first kappa shape index (κ1) is 19.6. The Hall–Kier alpha value is -2.12. The average Bonchev–Trinajstić information content (AvgIpc) is 3.38. The number of carbonyl (C=O) groups is 1. The summed E-state index contributed by atoms with van der Waals surface area (Å²) in [5.74, 6) is -0.276. The molecule has 1 aliphatic carbocycles. The maximum atomic E-state index is 12.6. The molecule has 0 spiro atoms. The largest absolute Gasteiger partial charge is 0.348 e. The second kappa shape index (κ2) is 7.13. The topological polar surface area (TPSA) is 71.4 Å². The minimum absolute atomic E-state index is 0.159. The maximum Gasteiger partial charge on any atom is 0.251 e. The number of rotatable bonds is 6. The van der Waals surface area contributed by atoms with Gasteiger partial charge in [-0.3, -0.25) is 4.79 Å². The average molecular weight is 390 g/mol. The van der Waals surface area contributed by atoms with Gasteiger partial charge in [-0.05, 0) is 62.9 Å². The van der Waals surface area contributed by atoms with Crippen molar-refractivity contribution in [2.24, 2.45) is 0 Å². The molecule has 0 aliphatic heterocycles. The summed E-state index contributed by atoms with van der Waals surface area (Å²) in [6, 6.07) is 7.50. The predicted molar refractivity (Wildman–Crippen MR) is 105 cm³/mol. The molecule has 6 nitrogen and oxygen atoms in total. The van der Waals surface area contributed by atoms with Gasteiger partial charge in [-0.2, -0.15) is 0 Å². The molecular weight excluding hydrogens is 362 g/mol. The van der Waals surface area contributed by atoms with Crippen LogP contribution in [0.5, 0.6) is 0 Å². The molecule has 1 aromatic carbocycles. The molecule has 27 heavy (non-hydrogen) atoms. The lowest BCUT2D eigenvalue weighted by Crippen LogP contribution is -2.25. The number of nitrogens with one attached hydrogen (secondary N) is 1. The summed E-state index contributed by atoms with van der Waals surface area (Å²) in [6.07, 6.45) is 2.43. The number of hydrogen-bond acceptors (Lipinski definition) is 3. The number of nitrogens with zero attached hydrogens (tertiary/aromatic N) is 2. The molecule has 1 saturated carbocycles. The first-order valence-corrected chi connectivity index (χ1v) is 10.6. The van der Waals surface area contributed by atoms with Gasteiger partial charge in [0.15, 0.2) is 0 Å². The van der Waals surface area contributed by atoms with E-state index in [4.69, 9.17) is 0 Å². The third kappa shape index (κ3) is 3.80. The van der Waals surface area contributed by atoms with E-state index in [-0.39, 0.29) is 10.8 Å². The van der Waals surface area contributed by atoms with Crippen LogP contribution in [0, 0.1) is 20.8 Å². The van der Waals surface area contributed by atoms with Crippen LogP contribution in [0.15, 0.2) is 29.2 Å². The van der Waals surface area contributed by atoms with Gasteiger partial charge in [0.05, 0.1) is 4.90 Å². The SMILES string of the molecule is Cc1ccc(C(=O)NCc2cc(C)n(C3CC3)c2C)cc1S(=O)(=O)N(C)C. The van der Waals surface area contributed by atoms with E-state index in [1.807, 2.05) is 0 Å². The zero-order valence-corrected chi connectivity index (χ0v) is 17.4. The number of carbonyl (C=O) groups excluding carboxylic acids is 1. The Kier molecular flexibility index (Phi) is 5.18. The van der Waals surface area contributed by atoms with E-state index in [1.54, 1.807) is 19.1 Å². The van der Waals surface area contributed by atoms with Crippen molar-refractivity contribution in [2.75, 3.05) is 14.1 Å². The van der Waals surface area contributed by atoms with Crippen LogP contribution in [0.2, 0.25) is 0 Å². The van der Waals surface area contributed by atoms with Crippen molar-refractivity contribution >= 4 is 15.9 Å². The van der Waals surface area contributed by atoms with Crippen molar-refractivity contribution in [3.05, 3.63) is 52.3 Å². The van der Waals surface area contributed by atoms with Crippen LogP contribution < -0.4 is 5.32 Å². The minimum Gasteiger partial charge on any atom is -0.348 e. The molecule has 1 amide bonds. The minimum atomic E-state index is -3.59. The molecule has 2 aromatic rings. The molecule has 1 aromatic heterocycles. The Bertz CT molecular complexity index is 986. The molecule has 0 saturated heterocycles. The standard InChI is InChI=1S/C20H27N3O3S/c1-13-6-7-16(11-19(13)27(25,26)22(4)5)20(24)21-12-17-10-14(2)23(15(17)3)18-8-9-18/h6-7,10-11,18H,8-9,12H2,1-5H3,(H,21,24). The highest BCUT2D eigenvalue weighted by molar-refractivity contribution is 7.89. The lowest BCUT2D eigenvalue weighted by molar-refractivity contribution is 0.0950. The van der Waals surface area contributed by atoms with Crippen LogP contribution in [0.1, 0.15) is 51.8 Å². The lowest BCUT2D eigenvalue weighted by Gasteiger charge is -2.15. The molecular formula is C20H27N3O3S. The fraction of sp³-hybridized carbons (Fsp3) is 0.450. The van der Waals surface area contributed by atoms with Gasteiger partial charge in [0, 0.05) is 43.6 Å². The van der Waals surface area contributed by atoms with E-state index in [0.717, 1.165) is 9.87 Å². The summed E-state index contributed by atoms with van der Waals surface area (Å²) in [5, 5.41) is 2.92. The third-order valence-corrected chi connectivity index (χ3v) is 7.11. The van der Waals surface area contributed by atoms with Crippen LogP contribution in [0.3, 0.4) is 0 Å². The fourth-order valence-corrected chi connectivity index (χ4v) is 4.56. The lowest BCUT2D eigenvalue weighted by atomic mass is 10.1. The van der Waals surface area contributed by atoms with Crippen molar-refractivity contribution in [3.8, 4) is 0 Å². The Morgan fingerprint density at radius 1 is 1.19 bits per heavy atom. The predicted octanol–water partition coefficient (Wildman–Crippen LogP) is 2.93. The molecule has 1 fully saturated rings. The monoisotopic (exact) mass is 389 g/mol. The van der Waals surface area contributed by atoms with Crippen LogP contribution in [-0.4, -0.2) is 37.3 Å². The Labute approximate surface area is 161 Å². The van der Waals surface area contributed by atoms with Gasteiger partial charge in [0.1, 0.15) is 0 Å². The van der Waals surface area contributed by atoms with E-state index in [1.165, 1.54) is 44.4 Å². The number of aromatic nitrogens is 1. The van der Waals surface area contributed by atoms with Crippen LogP contribution >= 0.6 is 0 Å². The summed E-state index contributed by atoms with van der Waals surface area (Å²) >= 11 is 0. The molecule has 146 valence electrons. The van der Waals surface area contributed by atoms with Gasteiger partial charge in [-0.1, -0.05) is 6.07 Å². The van der Waals surface area contributed by atoms with Crippen molar-refractivity contribution in [2.45, 2.75) is 51.1 Å². The van der Waals surface area contributed by atoms with E-state index in [9.17, 15) is 13.2 Å². The van der Waals surface area contributed by atoms with Gasteiger partial charge in [0.2, 0.25) is 10.0 Å². The first-order valence-electron chi connectivity index (χ1n) is 9.11. The molecule has 0 atom stereocenters. The fourth-order valence-electron chi connectivity index (χ4n) is 3.41. The summed E-state index contributed by atoms with van der Waals surface area (Å²) < 4.78 is 28.4. The highest BCUT2D eigenvalue weighted by atomic mass is 32.2. The van der Waals surface area contributed by atoms with Crippen LogP contribution in [-0.2, 0) is 16.6 Å². The highest BCUT2D eigenvalue weighted by Gasteiger charge is 2.27. The summed E-state index contributed by atoms with van der Waals surface area (Å²) in [7, 11) is -0.626. The number of amides is 1. The Morgan fingerprint density at radius 2 is 1.85 bits per heavy atom. The van der Waals surface area contributed by atoms with Crippen molar-refractivity contribution in [1.29, 1.82) is 0 Å². The Morgan fingerprint density at radius 3 is 2.44 bits per heavy atom. The van der Waals surface area contributed by atoms with Crippen LogP contribution in [0.4, 0.5) is 0 Å². The molecule has 0 unspecified atom stereocenters. The van der Waals surface area contributed by atoms with Gasteiger partial charge < -0.3 is 9.88 Å². The zero-order valence-electron chi connectivity index (χ0n) is 16.5. The molecule has 1 heterocycles. The molecule has 1 N–H and O–H groups in total. The molecule has 7 heteroatoms. The van der Waals surface area contributed by atoms with E-state index in [2.05, 4.69) is 29.8 Å². The van der Waals surface area contributed by atoms with Crippen molar-refractivity contribution in [1.82, 2.24) is 14.2 Å². The first-order chi connectivity index (χ1) is 12.6. The van der Waals surface area contributed by atoms with E-state index in [0.29, 0.717) is 23.7 Å². The summed E-state index contributed by atoms with van der Waals surface area (Å²) in [5.41, 5.74) is 4.47. The second-order valence-electron chi connectivity index (χ2n) is 7.45. The number of sulfonamides is 1. The highest BCUT2D eigenvalue weighted by Crippen LogP contribution is 2.38. The molecule has 1 aliphatic rings. The maximum absolute atomic E-state index is 12.6.